The fraction of sp³-hybridized carbons (Fsp3) is 0.435. The number of aliphatic hydroxyl groups excluding tert-OH is 1. The molecule has 0 saturated carbocycles. The number of sulfonamides is 1. The van der Waals surface area contributed by atoms with E-state index >= 15 is 0 Å². The number of benzene rings is 2. The van der Waals surface area contributed by atoms with Gasteiger partial charge in [-0.05, 0) is 48.7 Å². The predicted molar refractivity (Wildman–Crippen MR) is 126 cm³/mol. The van der Waals surface area contributed by atoms with Crippen LogP contribution in [0.4, 0.5) is 16.2 Å². The third kappa shape index (κ3) is 5.53. The Kier molecular flexibility index (Phi) is 7.30. The zero-order chi connectivity index (χ0) is 23.4. The van der Waals surface area contributed by atoms with Gasteiger partial charge in [-0.3, -0.25) is 9.80 Å². The van der Waals surface area contributed by atoms with Crippen LogP contribution in [0.1, 0.15) is 18.1 Å². The SMILES string of the molecule is CC1Cc2ccc(S(=O)(=O)NCCO)cc2N1C(=O)Nc1ccc(CN2CCOCC2)cc1. The molecule has 0 bridgehead atoms. The van der Waals surface area contributed by atoms with Crippen molar-refractivity contribution in [3.63, 3.8) is 0 Å². The van der Waals surface area contributed by atoms with Gasteiger partial charge in [-0.15, -0.1) is 0 Å². The summed E-state index contributed by atoms with van der Waals surface area (Å²) >= 11 is 0. The minimum atomic E-state index is -3.77. The predicted octanol–water partition coefficient (Wildman–Crippen LogP) is 1.77. The van der Waals surface area contributed by atoms with Gasteiger partial charge in [-0.2, -0.15) is 0 Å². The van der Waals surface area contributed by atoms with Crippen molar-refractivity contribution in [2.24, 2.45) is 0 Å². The molecule has 178 valence electrons. The minimum Gasteiger partial charge on any atom is -0.395 e. The minimum absolute atomic E-state index is 0.0639. The van der Waals surface area contributed by atoms with Crippen molar-refractivity contribution in [1.82, 2.24) is 9.62 Å². The van der Waals surface area contributed by atoms with E-state index in [1.165, 1.54) is 17.7 Å². The van der Waals surface area contributed by atoms with E-state index in [4.69, 9.17) is 9.84 Å². The Hall–Kier alpha value is -2.50. The van der Waals surface area contributed by atoms with Gasteiger partial charge in [-0.25, -0.2) is 17.9 Å². The van der Waals surface area contributed by atoms with Gasteiger partial charge in [0.2, 0.25) is 10.0 Å². The smallest absolute Gasteiger partial charge is 0.326 e. The highest BCUT2D eigenvalue weighted by Gasteiger charge is 2.32. The first kappa shape index (κ1) is 23.7. The van der Waals surface area contributed by atoms with Gasteiger partial charge in [0, 0.05) is 37.9 Å². The van der Waals surface area contributed by atoms with Crippen LogP contribution < -0.4 is 14.9 Å². The quantitative estimate of drug-likeness (QED) is 0.564. The number of rotatable bonds is 7. The first-order chi connectivity index (χ1) is 15.9. The monoisotopic (exact) mass is 474 g/mol. The number of hydrogen-bond acceptors (Lipinski definition) is 6. The Morgan fingerprint density at radius 3 is 2.58 bits per heavy atom. The lowest BCUT2D eigenvalue weighted by Crippen LogP contribution is -2.39. The summed E-state index contributed by atoms with van der Waals surface area (Å²) in [5.74, 6) is 0. The number of ether oxygens (including phenoxy) is 1. The van der Waals surface area contributed by atoms with Crippen molar-refractivity contribution in [2.75, 3.05) is 49.7 Å². The van der Waals surface area contributed by atoms with E-state index in [-0.39, 0.29) is 30.1 Å². The van der Waals surface area contributed by atoms with Crippen LogP contribution in [0.15, 0.2) is 47.4 Å². The highest BCUT2D eigenvalue weighted by Crippen LogP contribution is 2.34. The zero-order valence-electron chi connectivity index (χ0n) is 18.7. The molecular formula is C23H30N4O5S. The highest BCUT2D eigenvalue weighted by molar-refractivity contribution is 7.89. The van der Waals surface area contributed by atoms with Gasteiger partial charge in [0.05, 0.1) is 30.4 Å². The van der Waals surface area contributed by atoms with Gasteiger partial charge < -0.3 is 15.2 Å². The van der Waals surface area contributed by atoms with Gasteiger partial charge in [0.15, 0.2) is 0 Å². The van der Waals surface area contributed by atoms with Crippen LogP contribution in [-0.2, 0) is 27.7 Å². The van der Waals surface area contributed by atoms with Crippen molar-refractivity contribution in [3.05, 3.63) is 53.6 Å². The number of urea groups is 1. The maximum absolute atomic E-state index is 13.1. The molecule has 1 unspecified atom stereocenters. The van der Waals surface area contributed by atoms with Gasteiger partial charge >= 0.3 is 6.03 Å². The Labute approximate surface area is 194 Å². The summed E-state index contributed by atoms with van der Waals surface area (Å²) in [7, 11) is -3.77. The Balaban J connectivity index is 1.46. The third-order valence-electron chi connectivity index (χ3n) is 5.92. The molecule has 0 spiro atoms. The molecule has 2 heterocycles. The first-order valence-corrected chi connectivity index (χ1v) is 12.6. The summed E-state index contributed by atoms with van der Waals surface area (Å²) in [6.45, 7) is 5.76. The van der Waals surface area contributed by atoms with Crippen LogP contribution in [0, 0.1) is 0 Å². The summed E-state index contributed by atoms with van der Waals surface area (Å²) in [4.78, 5) is 17.1. The van der Waals surface area contributed by atoms with Crippen molar-refractivity contribution in [2.45, 2.75) is 30.8 Å². The van der Waals surface area contributed by atoms with E-state index in [2.05, 4.69) is 14.9 Å². The number of aliphatic hydroxyl groups is 1. The largest absolute Gasteiger partial charge is 0.395 e. The van der Waals surface area contributed by atoms with Crippen LogP contribution in [0.3, 0.4) is 0 Å². The molecule has 3 N–H and O–H groups in total. The second kappa shape index (κ2) is 10.2. The molecule has 2 aliphatic heterocycles. The number of fused-ring (bicyclic) bond motifs is 1. The molecule has 0 aromatic heterocycles. The number of hydrogen-bond donors (Lipinski definition) is 3. The topological polar surface area (TPSA) is 111 Å². The van der Waals surface area contributed by atoms with Crippen molar-refractivity contribution in [3.8, 4) is 0 Å². The van der Waals surface area contributed by atoms with Crippen LogP contribution in [-0.4, -0.2) is 70.0 Å². The van der Waals surface area contributed by atoms with Crippen molar-refractivity contribution >= 4 is 27.4 Å². The number of amides is 2. The molecule has 1 atom stereocenters. The number of nitrogens with zero attached hydrogens (tertiary/aromatic N) is 2. The molecule has 9 nitrogen and oxygen atoms in total. The van der Waals surface area contributed by atoms with E-state index in [1.54, 1.807) is 11.0 Å². The van der Waals surface area contributed by atoms with Crippen LogP contribution >= 0.6 is 0 Å². The number of morpholine rings is 1. The molecule has 2 amide bonds. The van der Waals surface area contributed by atoms with Crippen molar-refractivity contribution < 1.29 is 23.1 Å². The average Bonchev–Trinajstić information content (AvgIpc) is 3.14. The molecule has 1 saturated heterocycles. The summed E-state index contributed by atoms with van der Waals surface area (Å²) in [6.07, 6.45) is 0.644. The normalized spacial score (nSPS) is 18.8. The Bertz CT molecular complexity index is 1080. The molecule has 4 rings (SSSR count). The molecule has 0 aliphatic carbocycles. The fourth-order valence-electron chi connectivity index (χ4n) is 4.22. The molecule has 2 aromatic rings. The summed E-state index contributed by atoms with van der Waals surface area (Å²) in [5, 5.41) is 11.9. The first-order valence-electron chi connectivity index (χ1n) is 11.1. The number of carbonyl (C=O) groups excluding carboxylic acids is 1. The van der Waals surface area contributed by atoms with E-state index in [0.29, 0.717) is 17.8 Å². The molecule has 33 heavy (non-hydrogen) atoms. The summed E-state index contributed by atoms with van der Waals surface area (Å²) in [5.41, 5.74) is 3.34. The number of carbonyl (C=O) groups is 1. The van der Waals surface area contributed by atoms with Crippen molar-refractivity contribution in [1.29, 1.82) is 0 Å². The second-order valence-electron chi connectivity index (χ2n) is 8.35. The average molecular weight is 475 g/mol. The summed E-state index contributed by atoms with van der Waals surface area (Å²) < 4.78 is 32.6. The summed E-state index contributed by atoms with van der Waals surface area (Å²) in [6, 6.07) is 12.2. The third-order valence-corrected chi connectivity index (χ3v) is 7.38. The molecule has 2 aromatic carbocycles. The lowest BCUT2D eigenvalue weighted by atomic mass is 10.1. The molecule has 2 aliphatic rings. The van der Waals surface area contributed by atoms with E-state index in [1.807, 2.05) is 31.2 Å². The maximum atomic E-state index is 13.1. The molecule has 0 radical (unpaired) electrons. The Morgan fingerprint density at radius 2 is 1.88 bits per heavy atom. The molecule has 1 fully saturated rings. The van der Waals surface area contributed by atoms with Gasteiger partial charge in [-0.1, -0.05) is 18.2 Å². The Morgan fingerprint density at radius 1 is 1.15 bits per heavy atom. The maximum Gasteiger partial charge on any atom is 0.326 e. The van der Waals surface area contributed by atoms with E-state index in [9.17, 15) is 13.2 Å². The van der Waals surface area contributed by atoms with E-state index in [0.717, 1.165) is 38.4 Å². The van der Waals surface area contributed by atoms with Gasteiger partial charge in [0.1, 0.15) is 0 Å². The van der Waals surface area contributed by atoms with E-state index < -0.39 is 10.0 Å². The van der Waals surface area contributed by atoms with Crippen LogP contribution in [0.5, 0.6) is 0 Å². The lowest BCUT2D eigenvalue weighted by Gasteiger charge is -2.26. The molecular weight excluding hydrogens is 444 g/mol. The lowest BCUT2D eigenvalue weighted by molar-refractivity contribution is 0.0342. The molecule has 10 heteroatoms. The van der Waals surface area contributed by atoms with Gasteiger partial charge in [0.25, 0.3) is 0 Å². The number of anilines is 2. The highest BCUT2D eigenvalue weighted by atomic mass is 32.2. The zero-order valence-corrected chi connectivity index (χ0v) is 19.5. The standard InChI is InChI=1S/C23H30N4O5S/c1-17-14-19-4-7-21(33(30,31)24-8-11-28)15-22(19)27(17)23(29)25-20-5-2-18(3-6-20)16-26-9-12-32-13-10-26/h2-7,15,17,24,28H,8-14,16H2,1H3,(H,25,29). The van der Waals surface area contributed by atoms with Crippen LogP contribution in [0.2, 0.25) is 0 Å². The second-order valence-corrected chi connectivity index (χ2v) is 10.1. The fourth-order valence-corrected chi connectivity index (χ4v) is 5.26. The van der Waals surface area contributed by atoms with Crippen LogP contribution in [0.25, 0.3) is 0 Å². The number of nitrogens with one attached hydrogen (secondary N) is 2.